The van der Waals surface area contributed by atoms with Gasteiger partial charge in [0.15, 0.2) is 0 Å². The first-order chi connectivity index (χ1) is 7.83. The maximum atomic E-state index is 3.22. The zero-order valence-electron chi connectivity index (χ0n) is 10.4. The molecule has 0 fully saturated rings. The van der Waals surface area contributed by atoms with Crippen molar-refractivity contribution in [1.29, 1.82) is 0 Å². The van der Waals surface area contributed by atoms with Gasteiger partial charge in [-0.2, -0.15) is 0 Å². The topological polar surface area (TPSA) is 15.3 Å². The van der Waals surface area contributed by atoms with Crippen molar-refractivity contribution in [3.63, 3.8) is 0 Å². The quantitative estimate of drug-likeness (QED) is 0.833. The fourth-order valence-corrected chi connectivity index (χ4v) is 2.63. The van der Waals surface area contributed by atoms with Crippen molar-refractivity contribution in [2.24, 2.45) is 0 Å². The summed E-state index contributed by atoms with van der Waals surface area (Å²) in [6.07, 6.45) is 3.88. The van der Waals surface area contributed by atoms with E-state index in [1.807, 2.05) is 7.05 Å². The van der Waals surface area contributed by atoms with E-state index >= 15 is 0 Å². The highest BCUT2D eigenvalue weighted by Gasteiger charge is 2.22. The van der Waals surface area contributed by atoms with E-state index in [4.69, 9.17) is 0 Å². The highest BCUT2D eigenvalue weighted by molar-refractivity contribution is 5.32. The molecule has 1 N–H and O–H groups in total. The Bertz CT molecular complexity index is 335. The maximum absolute atomic E-state index is 3.22. The zero-order chi connectivity index (χ0) is 11.4. The Kier molecular flexibility index (Phi) is 3.97. The van der Waals surface area contributed by atoms with Crippen LogP contribution in [0, 0.1) is 0 Å². The summed E-state index contributed by atoms with van der Waals surface area (Å²) in [5.74, 6) is 0. The van der Waals surface area contributed by atoms with Crippen LogP contribution in [-0.4, -0.2) is 32.1 Å². The van der Waals surface area contributed by atoms with Crippen molar-refractivity contribution in [3.8, 4) is 0 Å². The van der Waals surface area contributed by atoms with Crippen LogP contribution in [0.2, 0.25) is 0 Å². The van der Waals surface area contributed by atoms with Crippen LogP contribution in [0.5, 0.6) is 0 Å². The minimum absolute atomic E-state index is 0.623. The van der Waals surface area contributed by atoms with Gasteiger partial charge in [-0.25, -0.2) is 0 Å². The fourth-order valence-electron chi connectivity index (χ4n) is 2.63. The summed E-state index contributed by atoms with van der Waals surface area (Å²) in [6.45, 7) is 2.19. The Morgan fingerprint density at radius 3 is 3.00 bits per heavy atom. The maximum Gasteiger partial charge on any atom is 0.0348 e. The molecule has 1 aliphatic carbocycles. The predicted octanol–water partition coefficient (Wildman–Crippen LogP) is 2.22. The van der Waals surface area contributed by atoms with Gasteiger partial charge in [-0.1, -0.05) is 24.3 Å². The van der Waals surface area contributed by atoms with Crippen LogP contribution in [0.15, 0.2) is 24.3 Å². The largest absolute Gasteiger partial charge is 0.318 e. The Balaban J connectivity index is 2.12. The molecule has 88 valence electrons. The van der Waals surface area contributed by atoms with Crippen molar-refractivity contribution in [1.82, 2.24) is 10.2 Å². The van der Waals surface area contributed by atoms with Crippen LogP contribution in [0.4, 0.5) is 0 Å². The van der Waals surface area contributed by atoms with Gasteiger partial charge in [0.25, 0.3) is 0 Å². The first kappa shape index (κ1) is 11.6. The first-order valence-electron chi connectivity index (χ1n) is 6.25. The number of benzene rings is 1. The Hall–Kier alpha value is -0.860. The number of aryl methyl sites for hydroxylation is 1. The lowest BCUT2D eigenvalue weighted by molar-refractivity contribution is 0.223. The number of hydrogen-bond acceptors (Lipinski definition) is 2. The zero-order valence-corrected chi connectivity index (χ0v) is 10.4. The second-order valence-corrected chi connectivity index (χ2v) is 4.69. The molecule has 0 aromatic heterocycles. The van der Waals surface area contributed by atoms with Crippen LogP contribution in [0.3, 0.4) is 0 Å². The van der Waals surface area contributed by atoms with E-state index < -0.39 is 0 Å². The lowest BCUT2D eigenvalue weighted by Gasteiger charge is -2.33. The molecule has 0 amide bonds. The van der Waals surface area contributed by atoms with Crippen LogP contribution < -0.4 is 5.32 Å². The van der Waals surface area contributed by atoms with Crippen LogP contribution in [0.25, 0.3) is 0 Å². The van der Waals surface area contributed by atoms with Crippen LogP contribution in [-0.2, 0) is 6.42 Å². The van der Waals surface area contributed by atoms with Gasteiger partial charge in [0.2, 0.25) is 0 Å². The van der Waals surface area contributed by atoms with Gasteiger partial charge in [-0.15, -0.1) is 0 Å². The molecule has 0 spiro atoms. The molecular weight excluding hydrogens is 196 g/mol. The van der Waals surface area contributed by atoms with Gasteiger partial charge >= 0.3 is 0 Å². The second-order valence-electron chi connectivity index (χ2n) is 4.69. The molecule has 1 aliphatic rings. The Labute approximate surface area is 98.7 Å². The average Bonchev–Trinajstić information content (AvgIpc) is 2.35. The Morgan fingerprint density at radius 1 is 1.38 bits per heavy atom. The van der Waals surface area contributed by atoms with Gasteiger partial charge in [0, 0.05) is 19.1 Å². The molecule has 2 nitrogen and oxygen atoms in total. The van der Waals surface area contributed by atoms with E-state index in [-0.39, 0.29) is 0 Å². The molecule has 1 aromatic carbocycles. The lowest BCUT2D eigenvalue weighted by atomic mass is 9.87. The SMILES string of the molecule is CNCCN(C)C1CCCc2ccccc21. The van der Waals surface area contributed by atoms with Crippen molar-refractivity contribution >= 4 is 0 Å². The number of nitrogens with zero attached hydrogens (tertiary/aromatic N) is 1. The summed E-state index contributed by atoms with van der Waals surface area (Å²) >= 11 is 0. The minimum Gasteiger partial charge on any atom is -0.318 e. The molecule has 0 saturated heterocycles. The smallest absolute Gasteiger partial charge is 0.0348 e. The van der Waals surface area contributed by atoms with Gasteiger partial charge in [-0.3, -0.25) is 4.90 Å². The van der Waals surface area contributed by atoms with E-state index in [9.17, 15) is 0 Å². The molecule has 0 radical (unpaired) electrons. The molecular formula is C14H22N2. The predicted molar refractivity (Wildman–Crippen MR) is 68.7 cm³/mol. The fraction of sp³-hybridized carbons (Fsp3) is 0.571. The van der Waals surface area contributed by atoms with Crippen molar-refractivity contribution in [3.05, 3.63) is 35.4 Å². The number of rotatable bonds is 4. The summed E-state index contributed by atoms with van der Waals surface area (Å²) in [4.78, 5) is 2.48. The van der Waals surface area contributed by atoms with Crippen LogP contribution in [0.1, 0.15) is 30.0 Å². The highest BCUT2D eigenvalue weighted by atomic mass is 15.1. The summed E-state index contributed by atoms with van der Waals surface area (Å²) in [7, 11) is 4.26. The summed E-state index contributed by atoms with van der Waals surface area (Å²) in [6, 6.07) is 9.54. The van der Waals surface area contributed by atoms with Gasteiger partial charge in [0.1, 0.15) is 0 Å². The van der Waals surface area contributed by atoms with Crippen molar-refractivity contribution < 1.29 is 0 Å². The molecule has 1 unspecified atom stereocenters. The first-order valence-corrected chi connectivity index (χ1v) is 6.25. The number of fused-ring (bicyclic) bond motifs is 1. The summed E-state index contributed by atoms with van der Waals surface area (Å²) in [5.41, 5.74) is 3.10. The normalized spacial score (nSPS) is 19.8. The molecule has 1 aromatic rings. The molecule has 0 bridgehead atoms. The van der Waals surface area contributed by atoms with Gasteiger partial charge < -0.3 is 5.32 Å². The van der Waals surface area contributed by atoms with E-state index in [0.29, 0.717) is 6.04 Å². The standard InChI is InChI=1S/C14H22N2/c1-15-10-11-16(2)14-9-5-7-12-6-3-4-8-13(12)14/h3-4,6,8,14-15H,5,7,9-11H2,1-2H3. The summed E-state index contributed by atoms with van der Waals surface area (Å²) in [5, 5.41) is 3.22. The van der Waals surface area contributed by atoms with Crippen molar-refractivity contribution in [2.45, 2.75) is 25.3 Å². The van der Waals surface area contributed by atoms with E-state index in [1.54, 1.807) is 11.1 Å². The van der Waals surface area contributed by atoms with Gasteiger partial charge in [-0.05, 0) is 44.5 Å². The van der Waals surface area contributed by atoms with E-state index in [2.05, 4.69) is 41.5 Å². The third-order valence-electron chi connectivity index (χ3n) is 3.58. The lowest BCUT2D eigenvalue weighted by Crippen LogP contribution is -2.32. The molecule has 1 atom stereocenters. The third-order valence-corrected chi connectivity index (χ3v) is 3.58. The number of hydrogen-bond donors (Lipinski definition) is 1. The van der Waals surface area contributed by atoms with E-state index in [0.717, 1.165) is 13.1 Å². The van der Waals surface area contributed by atoms with Crippen LogP contribution >= 0.6 is 0 Å². The minimum atomic E-state index is 0.623. The average molecular weight is 218 g/mol. The second kappa shape index (κ2) is 5.46. The van der Waals surface area contributed by atoms with E-state index in [1.165, 1.54) is 19.3 Å². The third kappa shape index (κ3) is 2.45. The molecule has 0 aliphatic heterocycles. The molecule has 2 rings (SSSR count). The monoisotopic (exact) mass is 218 g/mol. The number of likely N-dealkylation sites (N-methyl/N-ethyl adjacent to an activating group) is 2. The molecule has 0 saturated carbocycles. The Morgan fingerprint density at radius 2 is 2.19 bits per heavy atom. The molecule has 16 heavy (non-hydrogen) atoms. The molecule has 0 heterocycles. The van der Waals surface area contributed by atoms with Crippen molar-refractivity contribution in [2.75, 3.05) is 27.2 Å². The summed E-state index contributed by atoms with van der Waals surface area (Å²) < 4.78 is 0. The molecule has 2 heteroatoms. The number of nitrogens with one attached hydrogen (secondary N) is 1. The highest BCUT2D eigenvalue weighted by Crippen LogP contribution is 2.32. The van der Waals surface area contributed by atoms with Gasteiger partial charge in [0.05, 0.1) is 0 Å².